The molecule has 1 rings (SSSR count). The van der Waals surface area contributed by atoms with Gasteiger partial charge in [-0.05, 0) is 58.4 Å². The van der Waals surface area contributed by atoms with Gasteiger partial charge in [0.1, 0.15) is 5.75 Å². The van der Waals surface area contributed by atoms with Gasteiger partial charge in [0, 0.05) is 13.2 Å². The monoisotopic (exact) mass is 329 g/mol. The van der Waals surface area contributed by atoms with E-state index in [9.17, 15) is 5.11 Å². The van der Waals surface area contributed by atoms with Crippen LogP contribution in [-0.2, 0) is 6.54 Å². The molecule has 0 unspecified atom stereocenters. The standard InChI is InChI=1S/C15H24BrNO2/c1-15(2,11-18)7-4-8-17-10-12-5-6-14(19-3)13(16)9-12/h5-6,9,17-18H,4,7-8,10-11H2,1-3H3. The minimum atomic E-state index is 0.0326. The van der Waals surface area contributed by atoms with Gasteiger partial charge in [-0.25, -0.2) is 0 Å². The minimum absolute atomic E-state index is 0.0326. The Balaban J connectivity index is 2.28. The second-order valence-corrected chi connectivity index (χ2v) is 6.43. The molecule has 19 heavy (non-hydrogen) atoms. The first-order valence-corrected chi connectivity index (χ1v) is 7.42. The first-order chi connectivity index (χ1) is 8.98. The maximum absolute atomic E-state index is 9.17. The molecule has 0 saturated heterocycles. The average molecular weight is 330 g/mol. The van der Waals surface area contributed by atoms with Crippen LogP contribution >= 0.6 is 15.9 Å². The second-order valence-electron chi connectivity index (χ2n) is 5.57. The number of hydrogen-bond donors (Lipinski definition) is 2. The van der Waals surface area contributed by atoms with Crippen LogP contribution in [0, 0.1) is 5.41 Å². The van der Waals surface area contributed by atoms with Crippen molar-refractivity contribution < 1.29 is 9.84 Å². The van der Waals surface area contributed by atoms with Crippen molar-refractivity contribution in [2.75, 3.05) is 20.3 Å². The Morgan fingerprint density at radius 2 is 2.11 bits per heavy atom. The fourth-order valence-corrected chi connectivity index (χ4v) is 2.41. The van der Waals surface area contributed by atoms with Crippen molar-refractivity contribution in [3.8, 4) is 5.75 Å². The van der Waals surface area contributed by atoms with Gasteiger partial charge in [0.05, 0.1) is 11.6 Å². The second kappa shape index (κ2) is 7.88. The first kappa shape index (κ1) is 16.5. The number of halogens is 1. The molecule has 0 aliphatic carbocycles. The van der Waals surface area contributed by atoms with Crippen molar-refractivity contribution in [2.45, 2.75) is 33.2 Å². The number of aliphatic hydroxyl groups is 1. The zero-order valence-corrected chi connectivity index (χ0v) is 13.6. The molecule has 0 bridgehead atoms. The van der Waals surface area contributed by atoms with Crippen molar-refractivity contribution in [1.29, 1.82) is 0 Å². The predicted octanol–water partition coefficient (Wildman–Crippen LogP) is 3.35. The molecular formula is C15H24BrNO2. The molecule has 3 nitrogen and oxygen atoms in total. The number of hydrogen-bond acceptors (Lipinski definition) is 3. The van der Waals surface area contributed by atoms with Crippen LogP contribution in [0.3, 0.4) is 0 Å². The van der Waals surface area contributed by atoms with Gasteiger partial charge in [-0.15, -0.1) is 0 Å². The van der Waals surface area contributed by atoms with Crippen molar-refractivity contribution in [3.63, 3.8) is 0 Å². The fourth-order valence-electron chi connectivity index (χ4n) is 1.82. The van der Waals surface area contributed by atoms with E-state index in [4.69, 9.17) is 4.74 Å². The van der Waals surface area contributed by atoms with Crippen LogP contribution in [0.5, 0.6) is 5.75 Å². The number of ether oxygens (including phenoxy) is 1. The van der Waals surface area contributed by atoms with E-state index in [-0.39, 0.29) is 12.0 Å². The molecule has 0 heterocycles. The molecule has 0 aliphatic heterocycles. The zero-order chi connectivity index (χ0) is 14.3. The number of rotatable bonds is 8. The third kappa shape index (κ3) is 5.93. The van der Waals surface area contributed by atoms with E-state index in [1.165, 1.54) is 5.56 Å². The predicted molar refractivity (Wildman–Crippen MR) is 82.5 cm³/mol. The summed E-state index contributed by atoms with van der Waals surface area (Å²) in [6.45, 7) is 6.24. The molecule has 0 spiro atoms. The lowest BCUT2D eigenvalue weighted by Crippen LogP contribution is -2.20. The summed E-state index contributed by atoms with van der Waals surface area (Å²) in [5.41, 5.74) is 1.26. The summed E-state index contributed by atoms with van der Waals surface area (Å²) in [5.74, 6) is 0.855. The van der Waals surface area contributed by atoms with Gasteiger partial charge in [0.15, 0.2) is 0 Å². The Hall–Kier alpha value is -0.580. The van der Waals surface area contributed by atoms with Crippen LogP contribution in [0.1, 0.15) is 32.3 Å². The molecule has 1 aromatic carbocycles. The van der Waals surface area contributed by atoms with Crippen molar-refractivity contribution >= 4 is 15.9 Å². The van der Waals surface area contributed by atoms with E-state index in [0.29, 0.717) is 0 Å². The molecule has 0 saturated carbocycles. The molecule has 0 fully saturated rings. The third-order valence-corrected chi connectivity index (χ3v) is 3.80. The Morgan fingerprint density at radius 1 is 1.37 bits per heavy atom. The van der Waals surface area contributed by atoms with Gasteiger partial charge in [0.25, 0.3) is 0 Å². The summed E-state index contributed by atoms with van der Waals surface area (Å²) >= 11 is 3.48. The van der Waals surface area contributed by atoms with Gasteiger partial charge in [0.2, 0.25) is 0 Å². The molecule has 4 heteroatoms. The van der Waals surface area contributed by atoms with Crippen LogP contribution < -0.4 is 10.1 Å². The Bertz CT molecular complexity index is 394. The highest BCUT2D eigenvalue weighted by molar-refractivity contribution is 9.10. The van der Waals surface area contributed by atoms with Crippen LogP contribution in [-0.4, -0.2) is 25.4 Å². The van der Waals surface area contributed by atoms with E-state index < -0.39 is 0 Å². The zero-order valence-electron chi connectivity index (χ0n) is 12.0. The summed E-state index contributed by atoms with van der Waals surface area (Å²) in [4.78, 5) is 0. The Labute approximate surface area is 124 Å². The molecule has 0 amide bonds. The summed E-state index contributed by atoms with van der Waals surface area (Å²) in [6, 6.07) is 6.10. The molecule has 108 valence electrons. The summed E-state index contributed by atoms with van der Waals surface area (Å²) in [7, 11) is 1.67. The minimum Gasteiger partial charge on any atom is -0.496 e. The maximum Gasteiger partial charge on any atom is 0.133 e. The average Bonchev–Trinajstić information content (AvgIpc) is 2.38. The van der Waals surface area contributed by atoms with Crippen molar-refractivity contribution in [3.05, 3.63) is 28.2 Å². The van der Waals surface area contributed by atoms with Crippen LogP contribution in [0.15, 0.2) is 22.7 Å². The maximum atomic E-state index is 9.17. The van der Waals surface area contributed by atoms with Crippen LogP contribution in [0.25, 0.3) is 0 Å². The van der Waals surface area contributed by atoms with E-state index >= 15 is 0 Å². The van der Waals surface area contributed by atoms with Crippen LogP contribution in [0.4, 0.5) is 0 Å². The molecule has 2 N–H and O–H groups in total. The SMILES string of the molecule is COc1ccc(CNCCCC(C)(C)CO)cc1Br. The highest BCUT2D eigenvalue weighted by Crippen LogP contribution is 2.25. The number of nitrogens with one attached hydrogen (secondary N) is 1. The molecule has 1 aromatic rings. The number of methoxy groups -OCH3 is 1. The summed E-state index contributed by atoms with van der Waals surface area (Å²) < 4.78 is 6.18. The fraction of sp³-hybridized carbons (Fsp3) is 0.600. The van der Waals surface area contributed by atoms with Gasteiger partial charge >= 0.3 is 0 Å². The normalized spacial score (nSPS) is 11.6. The lowest BCUT2D eigenvalue weighted by Gasteiger charge is -2.21. The van der Waals surface area contributed by atoms with Crippen molar-refractivity contribution in [1.82, 2.24) is 5.32 Å². The van der Waals surface area contributed by atoms with Crippen molar-refractivity contribution in [2.24, 2.45) is 5.41 Å². The molecule has 0 radical (unpaired) electrons. The smallest absolute Gasteiger partial charge is 0.133 e. The lowest BCUT2D eigenvalue weighted by molar-refractivity contribution is 0.148. The topological polar surface area (TPSA) is 41.5 Å². The number of benzene rings is 1. The first-order valence-electron chi connectivity index (χ1n) is 6.62. The van der Waals surface area contributed by atoms with Crippen LogP contribution in [0.2, 0.25) is 0 Å². The molecule has 0 atom stereocenters. The van der Waals surface area contributed by atoms with E-state index in [2.05, 4.69) is 47.2 Å². The molecule has 0 aromatic heterocycles. The molecule has 0 aliphatic rings. The third-order valence-electron chi connectivity index (χ3n) is 3.18. The lowest BCUT2D eigenvalue weighted by atomic mass is 9.89. The molecular weight excluding hydrogens is 306 g/mol. The highest BCUT2D eigenvalue weighted by atomic mass is 79.9. The van der Waals surface area contributed by atoms with E-state index in [1.54, 1.807) is 7.11 Å². The summed E-state index contributed by atoms with van der Waals surface area (Å²) in [5, 5.41) is 12.6. The van der Waals surface area contributed by atoms with E-state index in [0.717, 1.165) is 36.2 Å². The number of aliphatic hydroxyl groups excluding tert-OH is 1. The van der Waals surface area contributed by atoms with Gasteiger partial charge in [-0.1, -0.05) is 19.9 Å². The van der Waals surface area contributed by atoms with Gasteiger partial charge < -0.3 is 15.2 Å². The Kier molecular flexibility index (Phi) is 6.83. The highest BCUT2D eigenvalue weighted by Gasteiger charge is 2.15. The quantitative estimate of drug-likeness (QED) is 0.718. The largest absolute Gasteiger partial charge is 0.496 e. The Morgan fingerprint density at radius 3 is 2.68 bits per heavy atom. The van der Waals surface area contributed by atoms with Gasteiger partial charge in [-0.2, -0.15) is 0 Å². The summed E-state index contributed by atoms with van der Waals surface area (Å²) in [6.07, 6.45) is 2.10. The van der Waals surface area contributed by atoms with E-state index in [1.807, 2.05) is 6.07 Å². The van der Waals surface area contributed by atoms with Gasteiger partial charge in [-0.3, -0.25) is 0 Å².